The Kier molecular flexibility index (Phi) is 6.85. The number of amides is 2. The van der Waals surface area contributed by atoms with Gasteiger partial charge in [-0.2, -0.15) is 0 Å². The summed E-state index contributed by atoms with van der Waals surface area (Å²) in [6.45, 7) is 4.77. The second kappa shape index (κ2) is 9.56. The van der Waals surface area contributed by atoms with Crippen molar-refractivity contribution in [3.63, 3.8) is 0 Å². The molecule has 5 nitrogen and oxygen atoms in total. The van der Waals surface area contributed by atoms with Crippen molar-refractivity contribution in [1.29, 1.82) is 0 Å². The lowest BCUT2D eigenvalue weighted by Crippen LogP contribution is -2.45. The predicted octanol–water partition coefficient (Wildman–Crippen LogP) is 2.66. The molecule has 6 heteroatoms. The van der Waals surface area contributed by atoms with Gasteiger partial charge in [0.25, 0.3) is 0 Å². The van der Waals surface area contributed by atoms with Crippen LogP contribution in [0.2, 0.25) is 0 Å². The molecule has 0 saturated carbocycles. The van der Waals surface area contributed by atoms with Crippen LogP contribution in [0.5, 0.6) is 0 Å². The lowest BCUT2D eigenvalue weighted by atomic mass is 10.1. The van der Waals surface area contributed by atoms with Crippen LogP contribution in [0.4, 0.5) is 4.79 Å². The van der Waals surface area contributed by atoms with Crippen molar-refractivity contribution in [3.8, 4) is 0 Å². The number of hydrogen-bond donors (Lipinski definition) is 2. The summed E-state index contributed by atoms with van der Waals surface area (Å²) in [6.07, 6.45) is 0.866. The molecule has 2 amide bonds. The Labute approximate surface area is 153 Å². The fourth-order valence-electron chi connectivity index (χ4n) is 2.93. The van der Waals surface area contributed by atoms with E-state index in [-0.39, 0.29) is 12.1 Å². The first-order valence-electron chi connectivity index (χ1n) is 8.73. The SMILES string of the molecule is O=C(NCCc1cccs1)NC(CN1CCOCC1)c1ccccc1. The Bertz CT molecular complexity index is 627. The predicted molar refractivity (Wildman–Crippen MR) is 101 cm³/mol. The molecule has 1 aliphatic rings. The fraction of sp³-hybridized carbons (Fsp3) is 0.421. The van der Waals surface area contributed by atoms with E-state index in [1.807, 2.05) is 24.3 Å². The van der Waals surface area contributed by atoms with E-state index in [0.29, 0.717) is 6.54 Å². The fourth-order valence-corrected chi connectivity index (χ4v) is 3.63. The van der Waals surface area contributed by atoms with Crippen LogP contribution in [-0.2, 0) is 11.2 Å². The molecule has 0 radical (unpaired) electrons. The molecule has 0 aliphatic carbocycles. The number of hydrogen-bond acceptors (Lipinski definition) is 4. The highest BCUT2D eigenvalue weighted by molar-refractivity contribution is 7.09. The number of rotatable bonds is 7. The highest BCUT2D eigenvalue weighted by Crippen LogP contribution is 2.15. The van der Waals surface area contributed by atoms with Gasteiger partial charge in [0.1, 0.15) is 0 Å². The highest BCUT2D eigenvalue weighted by Gasteiger charge is 2.19. The molecule has 1 aromatic carbocycles. The molecule has 25 heavy (non-hydrogen) atoms. The van der Waals surface area contributed by atoms with Crippen LogP contribution in [0.15, 0.2) is 47.8 Å². The third kappa shape index (κ3) is 5.85. The maximum Gasteiger partial charge on any atom is 0.315 e. The van der Waals surface area contributed by atoms with Gasteiger partial charge < -0.3 is 15.4 Å². The maximum atomic E-state index is 12.3. The van der Waals surface area contributed by atoms with E-state index in [0.717, 1.165) is 44.8 Å². The standard InChI is InChI=1S/C19H25N3O2S/c23-19(20-9-8-17-7-4-14-25-17)21-18(16-5-2-1-3-6-16)15-22-10-12-24-13-11-22/h1-7,14,18H,8-13,15H2,(H2,20,21,23). The molecule has 1 atom stereocenters. The molecular formula is C19H25N3O2S. The van der Waals surface area contributed by atoms with Crippen LogP contribution in [0, 0.1) is 0 Å². The van der Waals surface area contributed by atoms with E-state index in [9.17, 15) is 4.79 Å². The van der Waals surface area contributed by atoms with E-state index in [1.165, 1.54) is 4.88 Å². The number of benzene rings is 1. The van der Waals surface area contributed by atoms with Crippen molar-refractivity contribution < 1.29 is 9.53 Å². The molecule has 1 unspecified atom stereocenters. The summed E-state index contributed by atoms with van der Waals surface area (Å²) in [6, 6.07) is 14.1. The molecule has 1 saturated heterocycles. The number of nitrogens with zero attached hydrogens (tertiary/aromatic N) is 1. The molecule has 2 aromatic rings. The Balaban J connectivity index is 1.53. The Morgan fingerprint density at radius 2 is 1.96 bits per heavy atom. The van der Waals surface area contributed by atoms with Crippen LogP contribution >= 0.6 is 11.3 Å². The smallest absolute Gasteiger partial charge is 0.315 e. The van der Waals surface area contributed by atoms with E-state index in [2.05, 4.69) is 39.1 Å². The summed E-state index contributed by atoms with van der Waals surface area (Å²) in [4.78, 5) is 16.0. The van der Waals surface area contributed by atoms with Gasteiger partial charge in [0.2, 0.25) is 0 Å². The van der Waals surface area contributed by atoms with Gasteiger partial charge >= 0.3 is 6.03 Å². The van der Waals surface area contributed by atoms with E-state index in [4.69, 9.17) is 4.74 Å². The first-order chi connectivity index (χ1) is 12.3. The van der Waals surface area contributed by atoms with Crippen LogP contribution in [0.3, 0.4) is 0 Å². The summed E-state index contributed by atoms with van der Waals surface area (Å²) in [5, 5.41) is 8.16. The number of urea groups is 1. The lowest BCUT2D eigenvalue weighted by Gasteiger charge is -2.31. The van der Waals surface area contributed by atoms with Gasteiger partial charge in [-0.15, -0.1) is 11.3 Å². The number of carbonyl (C=O) groups is 1. The summed E-state index contributed by atoms with van der Waals surface area (Å²) < 4.78 is 5.42. The van der Waals surface area contributed by atoms with Gasteiger partial charge in [-0.3, -0.25) is 4.90 Å². The summed E-state index contributed by atoms with van der Waals surface area (Å²) in [7, 11) is 0. The van der Waals surface area contributed by atoms with Crippen LogP contribution < -0.4 is 10.6 Å². The average Bonchev–Trinajstić information content (AvgIpc) is 3.16. The minimum absolute atomic E-state index is 0.0268. The molecule has 1 aromatic heterocycles. The van der Waals surface area contributed by atoms with Crippen LogP contribution in [0.25, 0.3) is 0 Å². The van der Waals surface area contributed by atoms with Gasteiger partial charge in [0.05, 0.1) is 19.3 Å². The Hall–Kier alpha value is -1.89. The minimum atomic E-state index is -0.112. The number of nitrogens with one attached hydrogen (secondary N) is 2. The van der Waals surface area contributed by atoms with E-state index >= 15 is 0 Å². The first kappa shape index (κ1) is 17.9. The molecule has 0 spiro atoms. The van der Waals surface area contributed by atoms with Crippen molar-refractivity contribution in [3.05, 3.63) is 58.3 Å². The van der Waals surface area contributed by atoms with Crippen molar-refractivity contribution in [2.45, 2.75) is 12.5 Å². The monoisotopic (exact) mass is 359 g/mol. The zero-order valence-electron chi connectivity index (χ0n) is 14.3. The van der Waals surface area contributed by atoms with Gasteiger partial charge in [0.15, 0.2) is 0 Å². The molecule has 134 valence electrons. The highest BCUT2D eigenvalue weighted by atomic mass is 32.1. The van der Waals surface area contributed by atoms with Crippen LogP contribution in [-0.4, -0.2) is 50.3 Å². The maximum absolute atomic E-state index is 12.3. The Morgan fingerprint density at radius 3 is 2.68 bits per heavy atom. The number of carbonyl (C=O) groups excluding carboxylic acids is 1. The van der Waals surface area contributed by atoms with Crippen molar-refractivity contribution in [1.82, 2.24) is 15.5 Å². The van der Waals surface area contributed by atoms with Crippen molar-refractivity contribution >= 4 is 17.4 Å². The normalized spacial score (nSPS) is 16.3. The van der Waals surface area contributed by atoms with Crippen molar-refractivity contribution in [2.75, 3.05) is 39.4 Å². The molecule has 1 aliphatic heterocycles. The summed E-state index contributed by atoms with van der Waals surface area (Å²) >= 11 is 1.72. The van der Waals surface area contributed by atoms with Gasteiger partial charge in [-0.25, -0.2) is 4.79 Å². The second-order valence-corrected chi connectivity index (χ2v) is 7.14. The summed E-state index contributed by atoms with van der Waals surface area (Å²) in [5.41, 5.74) is 1.13. The quantitative estimate of drug-likeness (QED) is 0.799. The largest absolute Gasteiger partial charge is 0.379 e. The van der Waals surface area contributed by atoms with Gasteiger partial charge in [0, 0.05) is 31.1 Å². The number of morpholine rings is 1. The Morgan fingerprint density at radius 1 is 1.16 bits per heavy atom. The average molecular weight is 359 g/mol. The molecule has 2 heterocycles. The van der Waals surface area contributed by atoms with Gasteiger partial charge in [-0.1, -0.05) is 36.4 Å². The molecule has 0 bridgehead atoms. The van der Waals surface area contributed by atoms with Crippen molar-refractivity contribution in [2.24, 2.45) is 0 Å². The molecule has 1 fully saturated rings. The summed E-state index contributed by atoms with van der Waals surface area (Å²) in [5.74, 6) is 0. The third-order valence-corrected chi connectivity index (χ3v) is 5.22. The number of ether oxygens (including phenoxy) is 1. The lowest BCUT2D eigenvalue weighted by molar-refractivity contribution is 0.0340. The number of thiophene rings is 1. The van der Waals surface area contributed by atoms with Crippen LogP contribution in [0.1, 0.15) is 16.5 Å². The molecule has 3 rings (SSSR count). The molecule has 2 N–H and O–H groups in total. The zero-order valence-corrected chi connectivity index (χ0v) is 15.1. The topological polar surface area (TPSA) is 53.6 Å². The minimum Gasteiger partial charge on any atom is -0.379 e. The third-order valence-electron chi connectivity index (χ3n) is 4.29. The zero-order chi connectivity index (χ0) is 17.3. The molecular weight excluding hydrogens is 334 g/mol. The van der Waals surface area contributed by atoms with Gasteiger partial charge in [-0.05, 0) is 23.4 Å². The first-order valence-corrected chi connectivity index (χ1v) is 9.61. The van der Waals surface area contributed by atoms with E-state index in [1.54, 1.807) is 11.3 Å². The van der Waals surface area contributed by atoms with E-state index < -0.39 is 0 Å². The second-order valence-electron chi connectivity index (χ2n) is 6.11.